The van der Waals surface area contributed by atoms with Crippen molar-refractivity contribution in [3.05, 3.63) is 30.2 Å². The second-order valence-electron chi connectivity index (χ2n) is 3.50. The number of rotatable bonds is 6. The van der Waals surface area contributed by atoms with Crippen molar-refractivity contribution in [2.75, 3.05) is 13.1 Å². The van der Waals surface area contributed by atoms with Gasteiger partial charge >= 0.3 is 0 Å². The minimum Gasteiger partial charge on any atom is -0.359 e. The molecule has 0 spiro atoms. The van der Waals surface area contributed by atoms with Gasteiger partial charge in [0.15, 0.2) is 11.7 Å². The second kappa shape index (κ2) is 7.49. The molecule has 0 aromatic carbocycles. The largest absolute Gasteiger partial charge is 0.359 e. The average molecular weight is 236 g/mol. The number of hydrogen-bond donors (Lipinski definition) is 2. The lowest BCUT2D eigenvalue weighted by Gasteiger charge is -2.08. The van der Waals surface area contributed by atoms with E-state index in [1.54, 1.807) is 6.08 Å². The molecule has 17 heavy (non-hydrogen) atoms. The van der Waals surface area contributed by atoms with Gasteiger partial charge in [-0.3, -0.25) is 0 Å². The molecule has 0 fully saturated rings. The van der Waals surface area contributed by atoms with Crippen molar-refractivity contribution >= 4 is 5.96 Å². The van der Waals surface area contributed by atoms with Crippen molar-refractivity contribution in [2.45, 2.75) is 26.8 Å². The number of aliphatic imine (C=N–C) groups is 1. The highest BCUT2D eigenvalue weighted by Gasteiger charge is 2.02. The first-order valence-electron chi connectivity index (χ1n) is 5.87. The lowest BCUT2D eigenvalue weighted by Crippen LogP contribution is -2.37. The maximum absolute atomic E-state index is 5.16. The van der Waals surface area contributed by atoms with Gasteiger partial charge in [0.05, 0.1) is 5.69 Å². The third kappa shape index (κ3) is 4.72. The van der Waals surface area contributed by atoms with Gasteiger partial charge in [-0.2, -0.15) is 0 Å². The van der Waals surface area contributed by atoms with E-state index in [1.807, 2.05) is 19.9 Å². The predicted octanol–water partition coefficient (Wildman–Crippen LogP) is 1.48. The molecule has 0 saturated heterocycles. The van der Waals surface area contributed by atoms with Gasteiger partial charge in [0.25, 0.3) is 0 Å². The Morgan fingerprint density at radius 2 is 2.35 bits per heavy atom. The highest BCUT2D eigenvalue weighted by Crippen LogP contribution is 2.05. The van der Waals surface area contributed by atoms with Gasteiger partial charge in [0, 0.05) is 19.2 Å². The molecule has 5 nitrogen and oxygen atoms in total. The molecule has 1 aromatic heterocycles. The van der Waals surface area contributed by atoms with E-state index in [2.05, 4.69) is 27.4 Å². The van der Waals surface area contributed by atoms with Crippen LogP contribution in [0.4, 0.5) is 0 Å². The fraction of sp³-hybridized carbons (Fsp3) is 0.500. The van der Waals surface area contributed by atoms with E-state index >= 15 is 0 Å². The summed E-state index contributed by atoms with van der Waals surface area (Å²) in [5, 5.41) is 10.2. The van der Waals surface area contributed by atoms with Crippen LogP contribution in [0, 0.1) is 0 Å². The zero-order chi connectivity index (χ0) is 12.5. The van der Waals surface area contributed by atoms with E-state index in [0.29, 0.717) is 13.1 Å². The highest BCUT2D eigenvalue weighted by molar-refractivity contribution is 5.79. The lowest BCUT2D eigenvalue weighted by atomic mass is 10.3. The van der Waals surface area contributed by atoms with E-state index in [4.69, 9.17) is 4.52 Å². The standard InChI is InChI=1S/C12H20N4O/c1-4-7-14-12(13-6-3)15-9-11-8-10(5-2)16-17-11/h4,8H,1,5-7,9H2,2-3H3,(H2,13,14,15). The van der Waals surface area contributed by atoms with E-state index in [-0.39, 0.29) is 0 Å². The molecule has 5 heteroatoms. The minimum absolute atomic E-state index is 0.486. The first kappa shape index (κ1) is 13.3. The average Bonchev–Trinajstić information content (AvgIpc) is 2.80. The number of nitrogens with zero attached hydrogens (tertiary/aromatic N) is 2. The molecule has 0 bridgehead atoms. The van der Waals surface area contributed by atoms with E-state index in [1.165, 1.54) is 0 Å². The van der Waals surface area contributed by atoms with Gasteiger partial charge in [0.2, 0.25) is 0 Å². The van der Waals surface area contributed by atoms with Crippen LogP contribution in [-0.2, 0) is 13.0 Å². The third-order valence-corrected chi connectivity index (χ3v) is 2.12. The van der Waals surface area contributed by atoms with Crippen LogP contribution >= 0.6 is 0 Å². The van der Waals surface area contributed by atoms with Crippen LogP contribution in [-0.4, -0.2) is 24.2 Å². The molecular weight excluding hydrogens is 216 g/mol. The maximum Gasteiger partial charge on any atom is 0.191 e. The first-order valence-corrected chi connectivity index (χ1v) is 5.87. The Morgan fingerprint density at radius 1 is 1.53 bits per heavy atom. The summed E-state index contributed by atoms with van der Waals surface area (Å²) in [4.78, 5) is 4.38. The summed E-state index contributed by atoms with van der Waals surface area (Å²) in [6.45, 7) is 9.70. The number of hydrogen-bond acceptors (Lipinski definition) is 3. The molecule has 94 valence electrons. The van der Waals surface area contributed by atoms with E-state index < -0.39 is 0 Å². The van der Waals surface area contributed by atoms with Crippen molar-refractivity contribution in [1.82, 2.24) is 15.8 Å². The summed E-state index contributed by atoms with van der Waals surface area (Å²) in [6.07, 6.45) is 2.67. The van der Waals surface area contributed by atoms with Gasteiger partial charge < -0.3 is 15.2 Å². The summed E-state index contributed by atoms with van der Waals surface area (Å²) in [7, 11) is 0. The molecule has 0 atom stereocenters. The number of aromatic nitrogens is 1. The molecule has 0 amide bonds. The molecule has 0 aliphatic rings. The molecular formula is C12H20N4O. The van der Waals surface area contributed by atoms with E-state index in [0.717, 1.165) is 30.4 Å². The van der Waals surface area contributed by atoms with Gasteiger partial charge in [-0.25, -0.2) is 4.99 Å². The van der Waals surface area contributed by atoms with Crippen LogP contribution in [0.15, 0.2) is 28.2 Å². The van der Waals surface area contributed by atoms with Gasteiger partial charge in [0.1, 0.15) is 6.54 Å². The lowest BCUT2D eigenvalue weighted by molar-refractivity contribution is 0.379. The topological polar surface area (TPSA) is 62.5 Å². The number of nitrogens with one attached hydrogen (secondary N) is 2. The summed E-state index contributed by atoms with van der Waals surface area (Å²) in [6, 6.07) is 1.93. The molecule has 1 heterocycles. The van der Waals surface area contributed by atoms with Gasteiger partial charge in [-0.05, 0) is 13.3 Å². The van der Waals surface area contributed by atoms with Crippen LogP contribution in [0.5, 0.6) is 0 Å². The van der Waals surface area contributed by atoms with Crippen LogP contribution in [0.3, 0.4) is 0 Å². The summed E-state index contributed by atoms with van der Waals surface area (Å²) >= 11 is 0. The monoisotopic (exact) mass is 236 g/mol. The molecule has 1 rings (SSSR count). The van der Waals surface area contributed by atoms with E-state index in [9.17, 15) is 0 Å². The summed E-state index contributed by atoms with van der Waals surface area (Å²) in [5.41, 5.74) is 0.958. The number of guanidine groups is 1. The normalized spacial score (nSPS) is 11.3. The van der Waals surface area contributed by atoms with Gasteiger partial charge in [-0.15, -0.1) is 6.58 Å². The third-order valence-electron chi connectivity index (χ3n) is 2.12. The quantitative estimate of drug-likeness (QED) is 0.446. The smallest absolute Gasteiger partial charge is 0.191 e. The van der Waals surface area contributed by atoms with Crippen molar-refractivity contribution < 1.29 is 4.52 Å². The predicted molar refractivity (Wildman–Crippen MR) is 68.9 cm³/mol. The Hall–Kier alpha value is -1.78. The summed E-state index contributed by atoms with van der Waals surface area (Å²) in [5.74, 6) is 1.53. The van der Waals surface area contributed by atoms with Crippen LogP contribution in [0.25, 0.3) is 0 Å². The first-order chi connectivity index (χ1) is 8.30. The molecule has 1 aromatic rings. The van der Waals surface area contributed by atoms with Crippen molar-refractivity contribution in [1.29, 1.82) is 0 Å². The SMILES string of the molecule is C=CCNC(=NCc1cc(CC)no1)NCC. The Kier molecular flexibility index (Phi) is 5.85. The Bertz CT molecular complexity index is 370. The Balaban J connectivity index is 2.54. The molecule has 0 unspecified atom stereocenters. The zero-order valence-electron chi connectivity index (χ0n) is 10.5. The zero-order valence-corrected chi connectivity index (χ0v) is 10.5. The van der Waals surface area contributed by atoms with Crippen molar-refractivity contribution in [3.63, 3.8) is 0 Å². The summed E-state index contributed by atoms with van der Waals surface area (Å²) < 4.78 is 5.16. The molecule has 2 N–H and O–H groups in total. The molecule has 0 aliphatic carbocycles. The highest BCUT2D eigenvalue weighted by atomic mass is 16.5. The Morgan fingerprint density at radius 3 is 2.94 bits per heavy atom. The molecule has 0 saturated carbocycles. The minimum atomic E-state index is 0.486. The fourth-order valence-corrected chi connectivity index (χ4v) is 1.26. The fourth-order valence-electron chi connectivity index (χ4n) is 1.26. The van der Waals surface area contributed by atoms with Crippen LogP contribution in [0.2, 0.25) is 0 Å². The second-order valence-corrected chi connectivity index (χ2v) is 3.50. The molecule has 0 aliphatic heterocycles. The molecule has 0 radical (unpaired) electrons. The Labute approximate surface area is 102 Å². The number of aryl methyl sites for hydroxylation is 1. The van der Waals surface area contributed by atoms with Crippen LogP contribution < -0.4 is 10.6 Å². The maximum atomic E-state index is 5.16. The van der Waals surface area contributed by atoms with Crippen molar-refractivity contribution in [3.8, 4) is 0 Å². The van der Waals surface area contributed by atoms with Crippen molar-refractivity contribution in [2.24, 2.45) is 4.99 Å². The van der Waals surface area contributed by atoms with Crippen LogP contribution in [0.1, 0.15) is 25.3 Å². The van der Waals surface area contributed by atoms with Gasteiger partial charge in [-0.1, -0.05) is 18.2 Å².